The van der Waals surface area contributed by atoms with Crippen LogP contribution in [0.4, 0.5) is 5.82 Å². The zero-order valence-electron chi connectivity index (χ0n) is 16.0. The summed E-state index contributed by atoms with van der Waals surface area (Å²) in [5.74, 6) is 0.383. The monoisotopic (exact) mass is 365 g/mol. The van der Waals surface area contributed by atoms with E-state index in [1.165, 1.54) is 7.11 Å². The molecule has 0 fully saturated rings. The van der Waals surface area contributed by atoms with E-state index >= 15 is 0 Å². The summed E-state index contributed by atoms with van der Waals surface area (Å²) in [6, 6.07) is 7.29. The number of aromatic amines is 1. The van der Waals surface area contributed by atoms with Crippen molar-refractivity contribution in [2.75, 3.05) is 12.4 Å². The predicted molar refractivity (Wildman–Crippen MR) is 102 cm³/mol. The third kappa shape index (κ3) is 2.85. The number of H-pyrrole nitrogens is 1. The van der Waals surface area contributed by atoms with E-state index in [0.29, 0.717) is 12.0 Å². The second kappa shape index (κ2) is 6.08. The molecule has 140 valence electrons. The Labute approximate surface area is 158 Å². The van der Waals surface area contributed by atoms with Gasteiger partial charge in [-0.2, -0.15) is 5.10 Å². The van der Waals surface area contributed by atoms with E-state index in [2.05, 4.69) is 29.4 Å². The van der Waals surface area contributed by atoms with Crippen molar-refractivity contribution in [2.24, 2.45) is 5.41 Å². The molecule has 6 nitrogen and oxygen atoms in total. The number of carbonyl (C=O) groups excluding carboxylic acids is 2. The van der Waals surface area contributed by atoms with Crippen LogP contribution in [0.1, 0.15) is 59.8 Å². The number of benzene rings is 1. The number of esters is 1. The van der Waals surface area contributed by atoms with Crippen molar-refractivity contribution in [1.82, 2.24) is 10.2 Å². The lowest BCUT2D eigenvalue weighted by molar-refractivity contribution is -0.118. The van der Waals surface area contributed by atoms with Crippen molar-refractivity contribution in [3.05, 3.63) is 57.9 Å². The van der Waals surface area contributed by atoms with Crippen molar-refractivity contribution in [3.8, 4) is 0 Å². The van der Waals surface area contributed by atoms with E-state index in [0.717, 1.165) is 40.3 Å². The number of methoxy groups -OCH3 is 1. The maximum absolute atomic E-state index is 13.1. The number of allylic oxidation sites excluding steroid dienone is 2. The van der Waals surface area contributed by atoms with Gasteiger partial charge in [0.25, 0.3) is 0 Å². The van der Waals surface area contributed by atoms with Crippen molar-refractivity contribution in [2.45, 2.75) is 39.5 Å². The Balaban J connectivity index is 1.85. The number of carbonyl (C=O) groups is 2. The highest BCUT2D eigenvalue weighted by Gasteiger charge is 2.42. The molecule has 0 spiro atoms. The topological polar surface area (TPSA) is 84.1 Å². The lowest BCUT2D eigenvalue weighted by atomic mass is 9.69. The number of aromatic nitrogens is 2. The summed E-state index contributed by atoms with van der Waals surface area (Å²) in [5, 5.41) is 10.8. The van der Waals surface area contributed by atoms with E-state index in [-0.39, 0.29) is 23.1 Å². The molecule has 0 saturated heterocycles. The van der Waals surface area contributed by atoms with Gasteiger partial charge in [0.2, 0.25) is 0 Å². The normalized spacial score (nSPS) is 20.6. The second-order valence-corrected chi connectivity index (χ2v) is 8.12. The zero-order valence-corrected chi connectivity index (χ0v) is 16.0. The number of anilines is 1. The van der Waals surface area contributed by atoms with E-state index in [4.69, 9.17) is 4.74 Å². The molecule has 0 saturated carbocycles. The molecule has 0 unspecified atom stereocenters. The molecule has 6 heteroatoms. The fourth-order valence-corrected chi connectivity index (χ4v) is 4.22. The van der Waals surface area contributed by atoms with Crippen LogP contribution in [0.25, 0.3) is 0 Å². The number of aryl methyl sites for hydroxylation is 1. The minimum atomic E-state index is -0.373. The minimum Gasteiger partial charge on any atom is -0.465 e. The van der Waals surface area contributed by atoms with Crippen LogP contribution in [0, 0.1) is 12.3 Å². The number of ketones is 1. The van der Waals surface area contributed by atoms with Crippen LogP contribution < -0.4 is 5.32 Å². The predicted octanol–water partition coefficient (Wildman–Crippen LogP) is 3.71. The Hall–Kier alpha value is -2.89. The fraction of sp³-hybridized carbons (Fsp3) is 0.381. The number of hydrogen-bond donors (Lipinski definition) is 2. The number of hydrogen-bond acceptors (Lipinski definition) is 5. The second-order valence-electron chi connectivity index (χ2n) is 8.12. The van der Waals surface area contributed by atoms with Gasteiger partial charge in [0.05, 0.1) is 12.7 Å². The SMILES string of the molecule is COC(=O)c1ccc([C@H]2C3=C(CC(C)(C)CC3=O)Nc3n[nH]c(C)c32)cc1. The summed E-state index contributed by atoms with van der Waals surface area (Å²) in [6.45, 7) is 6.19. The van der Waals surface area contributed by atoms with Gasteiger partial charge in [-0.15, -0.1) is 0 Å². The van der Waals surface area contributed by atoms with E-state index in [9.17, 15) is 9.59 Å². The van der Waals surface area contributed by atoms with Gasteiger partial charge in [0, 0.05) is 34.9 Å². The molecule has 27 heavy (non-hydrogen) atoms. The Morgan fingerprint density at radius 2 is 1.93 bits per heavy atom. The lowest BCUT2D eigenvalue weighted by Gasteiger charge is -2.38. The van der Waals surface area contributed by atoms with Crippen molar-refractivity contribution in [1.29, 1.82) is 0 Å². The molecule has 1 aromatic carbocycles. The van der Waals surface area contributed by atoms with E-state index < -0.39 is 0 Å². The molecule has 0 amide bonds. The molecular formula is C21H23N3O3. The van der Waals surface area contributed by atoms with Crippen LogP contribution in [-0.2, 0) is 9.53 Å². The number of rotatable bonds is 2. The van der Waals surface area contributed by atoms with Gasteiger partial charge in [-0.05, 0) is 36.5 Å². The standard InChI is InChI=1S/C21H23N3O3/c1-11-16-17(12-5-7-13(8-6-12)20(26)27-4)18-14(22-19(16)24-23-11)9-21(2,3)10-15(18)25/h5-8,17H,9-10H2,1-4H3,(H2,22,23,24)/t17-/m1/s1. The van der Waals surface area contributed by atoms with Crippen LogP contribution in [-0.4, -0.2) is 29.1 Å². The highest BCUT2D eigenvalue weighted by molar-refractivity contribution is 6.01. The summed E-state index contributed by atoms with van der Waals surface area (Å²) in [4.78, 5) is 24.8. The van der Waals surface area contributed by atoms with Crippen LogP contribution in [0.5, 0.6) is 0 Å². The molecule has 0 radical (unpaired) electrons. The highest BCUT2D eigenvalue weighted by Crippen LogP contribution is 2.49. The smallest absolute Gasteiger partial charge is 0.337 e. The minimum absolute atomic E-state index is 0.0783. The number of nitrogens with one attached hydrogen (secondary N) is 2. The summed E-state index contributed by atoms with van der Waals surface area (Å²) < 4.78 is 4.78. The Kier molecular flexibility index (Phi) is 3.94. The molecule has 1 aliphatic heterocycles. The van der Waals surface area contributed by atoms with Crippen molar-refractivity contribution < 1.29 is 14.3 Å². The van der Waals surface area contributed by atoms with Gasteiger partial charge in [-0.25, -0.2) is 4.79 Å². The average molecular weight is 365 g/mol. The maximum Gasteiger partial charge on any atom is 0.337 e. The average Bonchev–Trinajstić information content (AvgIpc) is 2.99. The van der Waals surface area contributed by atoms with Gasteiger partial charge in [0.15, 0.2) is 11.6 Å². The van der Waals surface area contributed by atoms with Crippen molar-refractivity contribution in [3.63, 3.8) is 0 Å². The lowest BCUT2D eigenvalue weighted by Crippen LogP contribution is -2.33. The quantitative estimate of drug-likeness (QED) is 0.793. The largest absolute Gasteiger partial charge is 0.465 e. The summed E-state index contributed by atoms with van der Waals surface area (Å²) >= 11 is 0. The first-order valence-electron chi connectivity index (χ1n) is 9.07. The van der Waals surface area contributed by atoms with E-state index in [1.807, 2.05) is 19.1 Å². The van der Waals surface area contributed by atoms with Crippen molar-refractivity contribution >= 4 is 17.6 Å². The Bertz CT molecular complexity index is 967. The fourth-order valence-electron chi connectivity index (χ4n) is 4.22. The molecule has 1 aliphatic carbocycles. The first-order chi connectivity index (χ1) is 12.8. The third-order valence-corrected chi connectivity index (χ3v) is 5.43. The maximum atomic E-state index is 13.1. The molecular weight excluding hydrogens is 342 g/mol. The number of nitrogens with zero attached hydrogens (tertiary/aromatic N) is 1. The van der Waals surface area contributed by atoms with Crippen LogP contribution in [0.2, 0.25) is 0 Å². The Morgan fingerprint density at radius 3 is 2.59 bits per heavy atom. The molecule has 4 rings (SSSR count). The molecule has 1 aromatic heterocycles. The van der Waals surface area contributed by atoms with Gasteiger partial charge in [0.1, 0.15) is 0 Å². The Morgan fingerprint density at radius 1 is 1.22 bits per heavy atom. The molecule has 2 aliphatic rings. The number of Topliss-reactive ketones (excluding diaryl/α,β-unsaturated/α-hetero) is 1. The van der Waals surface area contributed by atoms with Crippen LogP contribution in [0.3, 0.4) is 0 Å². The third-order valence-electron chi connectivity index (χ3n) is 5.43. The molecule has 2 heterocycles. The molecule has 2 aromatic rings. The van der Waals surface area contributed by atoms with Gasteiger partial charge in [-0.3, -0.25) is 9.89 Å². The zero-order chi connectivity index (χ0) is 19.3. The summed E-state index contributed by atoms with van der Waals surface area (Å²) in [6.07, 6.45) is 1.33. The van der Waals surface area contributed by atoms with Gasteiger partial charge in [-0.1, -0.05) is 26.0 Å². The van der Waals surface area contributed by atoms with E-state index in [1.54, 1.807) is 12.1 Å². The van der Waals surface area contributed by atoms with Gasteiger partial charge < -0.3 is 10.1 Å². The first kappa shape index (κ1) is 17.5. The summed E-state index contributed by atoms with van der Waals surface area (Å²) in [5.41, 5.74) is 5.08. The molecule has 1 atom stereocenters. The van der Waals surface area contributed by atoms with Crippen LogP contribution >= 0.6 is 0 Å². The molecule has 2 N–H and O–H groups in total. The number of fused-ring (bicyclic) bond motifs is 1. The number of ether oxygens (including phenoxy) is 1. The molecule has 0 bridgehead atoms. The summed E-state index contributed by atoms with van der Waals surface area (Å²) in [7, 11) is 1.36. The first-order valence-corrected chi connectivity index (χ1v) is 9.07. The van der Waals surface area contributed by atoms with Crippen LogP contribution in [0.15, 0.2) is 35.5 Å². The van der Waals surface area contributed by atoms with Gasteiger partial charge >= 0.3 is 5.97 Å². The highest BCUT2D eigenvalue weighted by atomic mass is 16.5.